The molecule has 2 aromatic rings. The van der Waals surface area contributed by atoms with E-state index in [0.717, 1.165) is 37.5 Å². The maximum Gasteiger partial charge on any atom is 0.251 e. The van der Waals surface area contributed by atoms with Crippen molar-refractivity contribution in [3.8, 4) is 0 Å². The summed E-state index contributed by atoms with van der Waals surface area (Å²) in [6.07, 6.45) is 2.08. The van der Waals surface area contributed by atoms with Gasteiger partial charge in [0.05, 0.1) is 0 Å². The molecule has 0 fully saturated rings. The molecule has 2 rings (SSSR count). The van der Waals surface area contributed by atoms with E-state index in [9.17, 15) is 4.79 Å². The molecule has 0 saturated heterocycles. The highest BCUT2D eigenvalue weighted by Gasteiger charge is 2.08. The van der Waals surface area contributed by atoms with Crippen molar-refractivity contribution in [2.24, 2.45) is 4.99 Å². The molecular weight excluding hydrogens is 483 g/mol. The number of carbonyl (C=O) groups excluding carboxylic acids is 1. The fourth-order valence-corrected chi connectivity index (χ4v) is 3.37. The number of benzene rings is 1. The molecule has 0 bridgehead atoms. The molecule has 0 saturated carbocycles. The normalized spacial score (nSPS) is 12.0. The maximum absolute atomic E-state index is 12.0. The summed E-state index contributed by atoms with van der Waals surface area (Å²) in [5, 5.41) is 13.9. The highest BCUT2D eigenvalue weighted by Crippen LogP contribution is 2.17. The fraction of sp³-hybridized carbons (Fsp3) is 0.429. The SMILES string of the molecule is CCCCNC(=O)c1ccc(CNC(=NC)NCC(C)c2ccsc2)cc1.I. The predicted molar refractivity (Wildman–Crippen MR) is 130 cm³/mol. The Morgan fingerprint density at radius 3 is 2.50 bits per heavy atom. The Hall–Kier alpha value is -1.61. The zero-order valence-electron chi connectivity index (χ0n) is 16.8. The van der Waals surface area contributed by atoms with Gasteiger partial charge >= 0.3 is 0 Å². The van der Waals surface area contributed by atoms with Crippen molar-refractivity contribution in [1.82, 2.24) is 16.0 Å². The molecule has 1 aromatic carbocycles. The number of thiophene rings is 1. The van der Waals surface area contributed by atoms with Crippen LogP contribution in [0.25, 0.3) is 0 Å². The quantitative estimate of drug-likeness (QED) is 0.202. The van der Waals surface area contributed by atoms with Crippen LogP contribution < -0.4 is 16.0 Å². The molecule has 0 aliphatic carbocycles. The molecule has 154 valence electrons. The van der Waals surface area contributed by atoms with Crippen molar-refractivity contribution in [1.29, 1.82) is 0 Å². The number of nitrogens with one attached hydrogen (secondary N) is 3. The second kappa shape index (κ2) is 13.5. The summed E-state index contributed by atoms with van der Waals surface area (Å²) in [6, 6.07) is 9.85. The van der Waals surface area contributed by atoms with Crippen LogP contribution in [0.1, 0.15) is 54.1 Å². The van der Waals surface area contributed by atoms with E-state index in [1.54, 1.807) is 18.4 Å². The zero-order chi connectivity index (χ0) is 19.5. The second-order valence-corrected chi connectivity index (χ2v) is 7.35. The Bertz CT molecular complexity index is 717. The number of nitrogens with zero attached hydrogens (tertiary/aromatic N) is 1. The molecular formula is C21H31IN4OS. The van der Waals surface area contributed by atoms with E-state index in [-0.39, 0.29) is 29.9 Å². The number of hydrogen-bond donors (Lipinski definition) is 3. The van der Waals surface area contributed by atoms with E-state index in [0.29, 0.717) is 18.0 Å². The summed E-state index contributed by atoms with van der Waals surface area (Å²) in [5.74, 6) is 1.20. The fourth-order valence-electron chi connectivity index (χ4n) is 2.58. The van der Waals surface area contributed by atoms with Crippen molar-refractivity contribution >= 4 is 47.2 Å². The molecule has 1 amide bonds. The van der Waals surface area contributed by atoms with Gasteiger partial charge in [0.25, 0.3) is 5.91 Å². The van der Waals surface area contributed by atoms with E-state index < -0.39 is 0 Å². The lowest BCUT2D eigenvalue weighted by atomic mass is 10.1. The number of rotatable bonds is 9. The van der Waals surface area contributed by atoms with Crippen LogP contribution in [0.15, 0.2) is 46.1 Å². The first-order valence-corrected chi connectivity index (χ1v) is 10.4. The average molecular weight is 514 g/mol. The van der Waals surface area contributed by atoms with Gasteiger partial charge < -0.3 is 16.0 Å². The number of amides is 1. The van der Waals surface area contributed by atoms with Gasteiger partial charge in [0, 0.05) is 32.2 Å². The molecule has 1 heterocycles. The summed E-state index contributed by atoms with van der Waals surface area (Å²) in [6.45, 7) is 6.52. The Labute approximate surface area is 189 Å². The van der Waals surface area contributed by atoms with E-state index in [1.165, 1.54) is 5.56 Å². The van der Waals surface area contributed by atoms with Crippen molar-refractivity contribution in [3.63, 3.8) is 0 Å². The Morgan fingerprint density at radius 2 is 1.89 bits per heavy atom. The van der Waals surface area contributed by atoms with Gasteiger partial charge in [-0.05, 0) is 52.4 Å². The smallest absolute Gasteiger partial charge is 0.251 e. The Kier molecular flexibility index (Phi) is 11.8. The van der Waals surface area contributed by atoms with Gasteiger partial charge in [0.2, 0.25) is 0 Å². The van der Waals surface area contributed by atoms with E-state index in [2.05, 4.69) is 51.6 Å². The third-order valence-corrected chi connectivity index (χ3v) is 5.10. The summed E-state index contributed by atoms with van der Waals surface area (Å²) in [7, 11) is 1.77. The van der Waals surface area contributed by atoms with E-state index >= 15 is 0 Å². The van der Waals surface area contributed by atoms with Gasteiger partial charge in [-0.1, -0.05) is 32.4 Å². The van der Waals surface area contributed by atoms with Gasteiger partial charge in [-0.15, -0.1) is 24.0 Å². The number of unbranched alkanes of at least 4 members (excludes halogenated alkanes) is 1. The molecule has 28 heavy (non-hydrogen) atoms. The van der Waals surface area contributed by atoms with Crippen LogP contribution in [0.5, 0.6) is 0 Å². The molecule has 0 radical (unpaired) electrons. The number of carbonyl (C=O) groups is 1. The summed E-state index contributed by atoms with van der Waals surface area (Å²) in [5.41, 5.74) is 3.15. The molecule has 1 unspecified atom stereocenters. The van der Waals surface area contributed by atoms with Crippen LogP contribution in [-0.2, 0) is 6.54 Å². The van der Waals surface area contributed by atoms with Crippen LogP contribution in [-0.4, -0.2) is 32.0 Å². The largest absolute Gasteiger partial charge is 0.356 e. The molecule has 1 atom stereocenters. The Balaban J connectivity index is 0.00000392. The summed E-state index contributed by atoms with van der Waals surface area (Å²) in [4.78, 5) is 16.3. The maximum atomic E-state index is 12.0. The molecule has 3 N–H and O–H groups in total. The van der Waals surface area contributed by atoms with Gasteiger partial charge in [-0.2, -0.15) is 11.3 Å². The molecule has 5 nitrogen and oxygen atoms in total. The highest BCUT2D eigenvalue weighted by molar-refractivity contribution is 14.0. The molecule has 0 aliphatic heterocycles. The van der Waals surface area contributed by atoms with Crippen molar-refractivity contribution in [3.05, 3.63) is 57.8 Å². The van der Waals surface area contributed by atoms with Crippen molar-refractivity contribution in [2.45, 2.75) is 39.2 Å². The minimum Gasteiger partial charge on any atom is -0.356 e. The molecule has 7 heteroatoms. The van der Waals surface area contributed by atoms with Gasteiger partial charge in [0.1, 0.15) is 0 Å². The zero-order valence-corrected chi connectivity index (χ0v) is 20.0. The predicted octanol–water partition coefficient (Wildman–Crippen LogP) is 4.36. The topological polar surface area (TPSA) is 65.5 Å². The van der Waals surface area contributed by atoms with Crippen LogP contribution >= 0.6 is 35.3 Å². The average Bonchev–Trinajstić information content (AvgIpc) is 3.23. The van der Waals surface area contributed by atoms with Crippen molar-refractivity contribution < 1.29 is 4.79 Å². The number of hydrogen-bond acceptors (Lipinski definition) is 3. The van der Waals surface area contributed by atoms with Crippen molar-refractivity contribution in [2.75, 3.05) is 20.1 Å². The minimum absolute atomic E-state index is 0. The van der Waals surface area contributed by atoms with E-state index in [1.807, 2.05) is 24.3 Å². The van der Waals surface area contributed by atoms with Gasteiger partial charge in [0.15, 0.2) is 5.96 Å². The lowest BCUT2D eigenvalue weighted by Crippen LogP contribution is -2.38. The number of guanidine groups is 1. The monoisotopic (exact) mass is 514 g/mol. The van der Waals surface area contributed by atoms with Crippen LogP contribution in [0, 0.1) is 0 Å². The molecule has 0 spiro atoms. The lowest BCUT2D eigenvalue weighted by molar-refractivity contribution is 0.0953. The third-order valence-electron chi connectivity index (χ3n) is 4.40. The van der Waals surface area contributed by atoms with E-state index in [4.69, 9.17) is 0 Å². The first-order chi connectivity index (χ1) is 13.1. The highest BCUT2D eigenvalue weighted by atomic mass is 127. The number of aliphatic imine (C=N–C) groups is 1. The standard InChI is InChI=1S/C21H30N4OS.HI/c1-4-5-11-23-20(26)18-8-6-17(7-9-18)14-25-21(22-3)24-13-16(2)19-10-12-27-15-19;/h6-10,12,15-16H,4-5,11,13-14H2,1-3H3,(H,23,26)(H2,22,24,25);1H. The summed E-state index contributed by atoms with van der Waals surface area (Å²) < 4.78 is 0. The minimum atomic E-state index is -0.0112. The van der Waals surface area contributed by atoms with Gasteiger partial charge in [-0.3, -0.25) is 9.79 Å². The van der Waals surface area contributed by atoms with Gasteiger partial charge in [-0.25, -0.2) is 0 Å². The molecule has 1 aromatic heterocycles. The van der Waals surface area contributed by atoms with Crippen LogP contribution in [0.4, 0.5) is 0 Å². The third kappa shape index (κ3) is 8.18. The first-order valence-electron chi connectivity index (χ1n) is 9.47. The second-order valence-electron chi connectivity index (χ2n) is 6.57. The number of halogens is 1. The molecule has 0 aliphatic rings. The van der Waals surface area contributed by atoms with Crippen LogP contribution in [0.2, 0.25) is 0 Å². The first kappa shape index (κ1) is 24.4. The lowest BCUT2D eigenvalue weighted by Gasteiger charge is -2.15. The van der Waals surface area contributed by atoms with Crippen LogP contribution in [0.3, 0.4) is 0 Å². The Morgan fingerprint density at radius 1 is 1.14 bits per heavy atom. The summed E-state index contributed by atoms with van der Waals surface area (Å²) >= 11 is 1.72.